The monoisotopic (exact) mass is 324 g/mol. The van der Waals surface area contributed by atoms with Gasteiger partial charge in [-0.1, -0.05) is 36.4 Å². The lowest BCUT2D eigenvalue weighted by atomic mass is 10.0. The summed E-state index contributed by atoms with van der Waals surface area (Å²) in [5, 5.41) is 3.08. The lowest BCUT2D eigenvalue weighted by Gasteiger charge is -2.21. The highest BCUT2D eigenvalue weighted by atomic mass is 16.5. The van der Waals surface area contributed by atoms with Gasteiger partial charge in [0.2, 0.25) is 0 Å². The first-order valence-corrected chi connectivity index (χ1v) is 8.26. The molecule has 4 heteroatoms. The zero-order valence-electron chi connectivity index (χ0n) is 14.7. The molecule has 0 saturated carbocycles. The van der Waals surface area contributed by atoms with Crippen molar-refractivity contribution >= 4 is 6.03 Å². The van der Waals surface area contributed by atoms with Crippen LogP contribution in [-0.4, -0.2) is 24.6 Å². The van der Waals surface area contributed by atoms with E-state index in [-0.39, 0.29) is 12.1 Å². The van der Waals surface area contributed by atoms with Crippen LogP contribution < -0.4 is 10.1 Å². The van der Waals surface area contributed by atoms with Crippen LogP contribution in [0.25, 0.3) is 0 Å². The number of nitrogens with one attached hydrogen (secondary N) is 1. The normalized spacial score (nSPS) is 15.6. The van der Waals surface area contributed by atoms with E-state index in [0.717, 1.165) is 22.4 Å². The number of fused-ring (bicyclic) bond motifs is 1. The molecule has 0 fully saturated rings. The fraction of sp³-hybridized carbons (Fsp3) is 0.350. The number of nitrogens with zero attached hydrogens (tertiary/aromatic N) is 1. The van der Waals surface area contributed by atoms with E-state index in [1.165, 1.54) is 11.1 Å². The van der Waals surface area contributed by atoms with Crippen LogP contribution in [0.5, 0.6) is 5.75 Å². The van der Waals surface area contributed by atoms with Gasteiger partial charge in [-0.25, -0.2) is 4.79 Å². The molecule has 1 aliphatic heterocycles. The van der Waals surface area contributed by atoms with Gasteiger partial charge in [-0.15, -0.1) is 0 Å². The van der Waals surface area contributed by atoms with E-state index in [0.29, 0.717) is 13.2 Å². The highest BCUT2D eigenvalue weighted by molar-refractivity contribution is 5.75. The maximum absolute atomic E-state index is 12.5. The summed E-state index contributed by atoms with van der Waals surface area (Å²) in [5.74, 6) is 0.918. The molecule has 24 heavy (non-hydrogen) atoms. The van der Waals surface area contributed by atoms with E-state index < -0.39 is 0 Å². The zero-order chi connectivity index (χ0) is 17.3. The first-order chi connectivity index (χ1) is 11.5. The smallest absolute Gasteiger partial charge is 0.318 e. The van der Waals surface area contributed by atoms with Gasteiger partial charge in [0.15, 0.2) is 0 Å². The molecule has 3 rings (SSSR count). The summed E-state index contributed by atoms with van der Waals surface area (Å²) in [5.41, 5.74) is 5.77. The molecule has 0 saturated heterocycles. The Balaban J connectivity index is 1.68. The minimum Gasteiger partial charge on any atom is -0.490 e. The molecular formula is C20H24N2O2. The average Bonchev–Trinajstić information content (AvgIpc) is 2.96. The third-order valence-electron chi connectivity index (χ3n) is 4.79. The van der Waals surface area contributed by atoms with Crippen molar-refractivity contribution in [2.45, 2.75) is 33.4 Å². The van der Waals surface area contributed by atoms with Gasteiger partial charge in [0.25, 0.3) is 0 Å². The second-order valence-corrected chi connectivity index (χ2v) is 6.52. The molecule has 0 radical (unpaired) electrons. The average molecular weight is 324 g/mol. The number of amides is 2. The largest absolute Gasteiger partial charge is 0.490 e. The van der Waals surface area contributed by atoms with Crippen molar-refractivity contribution in [1.82, 2.24) is 10.2 Å². The number of ether oxygens (including phenoxy) is 1. The van der Waals surface area contributed by atoms with Crippen molar-refractivity contribution in [2.75, 3.05) is 13.7 Å². The molecular weight excluding hydrogens is 300 g/mol. The lowest BCUT2D eigenvalue weighted by molar-refractivity contribution is 0.199. The second-order valence-electron chi connectivity index (χ2n) is 6.52. The Labute approximate surface area is 143 Å². The first kappa shape index (κ1) is 16.4. The first-order valence-electron chi connectivity index (χ1n) is 8.26. The van der Waals surface area contributed by atoms with E-state index in [2.05, 4.69) is 50.4 Å². The van der Waals surface area contributed by atoms with Gasteiger partial charge in [0, 0.05) is 19.2 Å². The Bertz CT molecular complexity index is 770. The quantitative estimate of drug-likeness (QED) is 0.931. The second kappa shape index (κ2) is 6.56. The molecule has 1 atom stereocenters. The van der Waals surface area contributed by atoms with Crippen molar-refractivity contribution in [1.29, 1.82) is 0 Å². The minimum atomic E-state index is -0.0916. The zero-order valence-corrected chi connectivity index (χ0v) is 14.7. The number of carbonyl (C=O) groups excluding carboxylic acids is 1. The molecule has 1 aliphatic rings. The van der Waals surface area contributed by atoms with Crippen molar-refractivity contribution < 1.29 is 9.53 Å². The Hall–Kier alpha value is -2.49. The summed E-state index contributed by atoms with van der Waals surface area (Å²) in [6.07, 6.45) is 0. The fourth-order valence-electron chi connectivity index (χ4n) is 3.03. The third kappa shape index (κ3) is 3.09. The van der Waals surface area contributed by atoms with E-state index in [9.17, 15) is 4.79 Å². The number of rotatable bonds is 3. The molecule has 0 bridgehead atoms. The van der Waals surface area contributed by atoms with Gasteiger partial charge in [0.05, 0.1) is 6.04 Å². The Morgan fingerprint density at radius 2 is 1.92 bits per heavy atom. The highest BCUT2D eigenvalue weighted by Crippen LogP contribution is 2.36. The van der Waals surface area contributed by atoms with Crippen LogP contribution in [0, 0.1) is 20.8 Å². The molecule has 2 amide bonds. The summed E-state index contributed by atoms with van der Waals surface area (Å²) >= 11 is 0. The van der Waals surface area contributed by atoms with Crippen LogP contribution in [0.4, 0.5) is 4.79 Å². The molecule has 1 heterocycles. The SMILES string of the molecule is Cc1ccccc1CN(C)C(=O)NC1COc2c1ccc(C)c2C. The molecule has 2 aromatic carbocycles. The van der Waals surface area contributed by atoms with Crippen LogP contribution in [0.3, 0.4) is 0 Å². The number of benzene rings is 2. The van der Waals surface area contributed by atoms with Gasteiger partial charge in [-0.2, -0.15) is 0 Å². The molecule has 126 valence electrons. The topological polar surface area (TPSA) is 41.6 Å². The predicted octanol–water partition coefficient (Wildman–Crippen LogP) is 3.89. The van der Waals surface area contributed by atoms with E-state index in [1.807, 2.05) is 19.2 Å². The van der Waals surface area contributed by atoms with Crippen LogP contribution in [-0.2, 0) is 6.54 Å². The minimum absolute atomic E-state index is 0.0852. The molecule has 0 aromatic heterocycles. The molecule has 2 aromatic rings. The number of urea groups is 1. The van der Waals surface area contributed by atoms with Gasteiger partial charge in [0.1, 0.15) is 12.4 Å². The van der Waals surface area contributed by atoms with Gasteiger partial charge < -0.3 is 15.0 Å². The third-order valence-corrected chi connectivity index (χ3v) is 4.79. The maximum atomic E-state index is 12.5. The maximum Gasteiger partial charge on any atom is 0.318 e. The Morgan fingerprint density at radius 1 is 1.17 bits per heavy atom. The van der Waals surface area contributed by atoms with Crippen molar-refractivity contribution in [2.24, 2.45) is 0 Å². The summed E-state index contributed by atoms with van der Waals surface area (Å²) in [7, 11) is 1.82. The summed E-state index contributed by atoms with van der Waals surface area (Å²) in [4.78, 5) is 14.2. The van der Waals surface area contributed by atoms with Crippen molar-refractivity contribution in [3.05, 3.63) is 64.2 Å². The number of carbonyl (C=O) groups is 1. The fourth-order valence-corrected chi connectivity index (χ4v) is 3.03. The standard InChI is InChI=1S/C20H24N2O2/c1-13-9-10-17-18(12-24-19(17)15(13)3)21-20(23)22(4)11-16-8-6-5-7-14(16)2/h5-10,18H,11-12H2,1-4H3,(H,21,23). The van der Waals surface area contributed by atoms with Gasteiger partial charge in [-0.3, -0.25) is 0 Å². The molecule has 1 N–H and O–H groups in total. The molecule has 0 spiro atoms. The van der Waals surface area contributed by atoms with E-state index >= 15 is 0 Å². The summed E-state index contributed by atoms with van der Waals surface area (Å²) in [6, 6.07) is 12.1. The molecule has 4 nitrogen and oxygen atoms in total. The summed E-state index contributed by atoms with van der Waals surface area (Å²) in [6.45, 7) is 7.27. The van der Waals surface area contributed by atoms with Crippen LogP contribution in [0.15, 0.2) is 36.4 Å². The molecule has 1 unspecified atom stereocenters. The van der Waals surface area contributed by atoms with Crippen molar-refractivity contribution in [3.8, 4) is 5.75 Å². The highest BCUT2D eigenvalue weighted by Gasteiger charge is 2.28. The Morgan fingerprint density at radius 3 is 2.67 bits per heavy atom. The van der Waals surface area contributed by atoms with Gasteiger partial charge >= 0.3 is 6.03 Å². The number of aryl methyl sites for hydroxylation is 2. The van der Waals surface area contributed by atoms with Crippen LogP contribution >= 0.6 is 0 Å². The number of hydrogen-bond acceptors (Lipinski definition) is 2. The van der Waals surface area contributed by atoms with Gasteiger partial charge in [-0.05, 0) is 43.0 Å². The Kier molecular flexibility index (Phi) is 4.47. The predicted molar refractivity (Wildman–Crippen MR) is 95.3 cm³/mol. The number of hydrogen-bond donors (Lipinski definition) is 1. The summed E-state index contributed by atoms with van der Waals surface area (Å²) < 4.78 is 5.81. The molecule has 0 aliphatic carbocycles. The van der Waals surface area contributed by atoms with Crippen LogP contribution in [0.1, 0.15) is 33.9 Å². The van der Waals surface area contributed by atoms with Crippen LogP contribution in [0.2, 0.25) is 0 Å². The van der Waals surface area contributed by atoms with E-state index in [1.54, 1.807) is 4.90 Å². The van der Waals surface area contributed by atoms with E-state index in [4.69, 9.17) is 4.74 Å². The van der Waals surface area contributed by atoms with Crippen molar-refractivity contribution in [3.63, 3.8) is 0 Å². The lowest BCUT2D eigenvalue weighted by Crippen LogP contribution is -2.39.